The summed E-state index contributed by atoms with van der Waals surface area (Å²) in [6.45, 7) is 14.3. The van der Waals surface area contributed by atoms with Crippen molar-refractivity contribution in [2.75, 3.05) is 46.4 Å². The van der Waals surface area contributed by atoms with E-state index in [-0.39, 0.29) is 5.60 Å². The van der Waals surface area contributed by atoms with Crippen molar-refractivity contribution >= 4 is 0 Å². The fourth-order valence-electron chi connectivity index (χ4n) is 2.47. The second kappa shape index (κ2) is 7.13. The molecule has 18 heavy (non-hydrogen) atoms. The van der Waals surface area contributed by atoms with Crippen LogP contribution in [0.15, 0.2) is 0 Å². The molecule has 104 valence electrons. The van der Waals surface area contributed by atoms with Gasteiger partial charge in [-0.2, -0.15) is 0 Å². The average molecular weight is 252 g/mol. The highest BCUT2D eigenvalue weighted by Crippen LogP contribution is 2.27. The van der Waals surface area contributed by atoms with E-state index in [0.29, 0.717) is 5.92 Å². The standard InChI is InChI=1S/C13H22N2O.C2H6/c1-12(2)5-4-6-15-10-13(11-15)9-14(3)7-8-16-13;1-2/h12H,6-11H2,1-3H3;1-2H3. The minimum Gasteiger partial charge on any atom is -0.370 e. The first-order valence-corrected chi connectivity index (χ1v) is 7.13. The van der Waals surface area contributed by atoms with Crippen LogP contribution < -0.4 is 0 Å². The van der Waals surface area contributed by atoms with Crippen LogP contribution in [0.3, 0.4) is 0 Å². The van der Waals surface area contributed by atoms with E-state index in [4.69, 9.17) is 4.74 Å². The molecule has 2 rings (SSSR count). The van der Waals surface area contributed by atoms with Gasteiger partial charge in [0.25, 0.3) is 0 Å². The second-order valence-electron chi connectivity index (χ2n) is 5.39. The molecule has 0 atom stereocenters. The quantitative estimate of drug-likeness (QED) is 0.661. The molecule has 0 aromatic carbocycles. The Balaban J connectivity index is 0.000000771. The largest absolute Gasteiger partial charge is 0.370 e. The number of hydrogen-bond acceptors (Lipinski definition) is 3. The Hall–Kier alpha value is -0.560. The van der Waals surface area contributed by atoms with Gasteiger partial charge in [0.05, 0.1) is 13.2 Å². The first-order chi connectivity index (χ1) is 8.60. The predicted molar refractivity (Wildman–Crippen MR) is 76.6 cm³/mol. The summed E-state index contributed by atoms with van der Waals surface area (Å²) in [6.07, 6.45) is 0. The van der Waals surface area contributed by atoms with Gasteiger partial charge in [-0.3, -0.25) is 4.90 Å². The molecule has 2 heterocycles. The third-order valence-electron chi connectivity index (χ3n) is 3.16. The summed E-state index contributed by atoms with van der Waals surface area (Å²) in [5.41, 5.74) is 0.118. The van der Waals surface area contributed by atoms with Crippen molar-refractivity contribution in [2.24, 2.45) is 5.92 Å². The Kier molecular flexibility index (Phi) is 6.14. The molecule has 0 N–H and O–H groups in total. The fraction of sp³-hybridized carbons (Fsp3) is 0.867. The maximum Gasteiger partial charge on any atom is 0.106 e. The highest BCUT2D eigenvalue weighted by Gasteiger charge is 2.45. The molecule has 2 saturated heterocycles. The lowest BCUT2D eigenvalue weighted by atomic mass is 9.92. The van der Waals surface area contributed by atoms with Crippen LogP contribution in [-0.2, 0) is 4.74 Å². The van der Waals surface area contributed by atoms with Crippen LogP contribution >= 0.6 is 0 Å². The van der Waals surface area contributed by atoms with Crippen molar-refractivity contribution in [2.45, 2.75) is 33.3 Å². The van der Waals surface area contributed by atoms with Gasteiger partial charge < -0.3 is 9.64 Å². The number of morpholine rings is 1. The Bertz CT molecular complexity index is 297. The zero-order chi connectivity index (χ0) is 13.6. The van der Waals surface area contributed by atoms with Gasteiger partial charge in [-0.15, -0.1) is 0 Å². The van der Waals surface area contributed by atoms with Gasteiger partial charge in [0.2, 0.25) is 0 Å². The summed E-state index contributed by atoms with van der Waals surface area (Å²) in [4.78, 5) is 4.73. The molecule has 0 saturated carbocycles. The van der Waals surface area contributed by atoms with Crippen LogP contribution in [0.1, 0.15) is 27.7 Å². The zero-order valence-electron chi connectivity index (χ0n) is 12.6. The molecule has 2 fully saturated rings. The number of likely N-dealkylation sites (tertiary alicyclic amines) is 1. The first kappa shape index (κ1) is 15.5. The second-order valence-corrected chi connectivity index (χ2v) is 5.39. The normalized spacial score (nSPS) is 22.8. The first-order valence-electron chi connectivity index (χ1n) is 7.13. The van der Waals surface area contributed by atoms with Gasteiger partial charge in [0, 0.05) is 32.1 Å². The average Bonchev–Trinajstić information content (AvgIpc) is 2.29. The molecule has 1 spiro atoms. The Morgan fingerprint density at radius 1 is 1.22 bits per heavy atom. The van der Waals surface area contributed by atoms with Crippen molar-refractivity contribution < 1.29 is 4.74 Å². The summed E-state index contributed by atoms with van der Waals surface area (Å²) in [5.74, 6) is 6.91. The van der Waals surface area contributed by atoms with Crippen molar-refractivity contribution in [1.29, 1.82) is 0 Å². The summed E-state index contributed by atoms with van der Waals surface area (Å²) in [7, 11) is 2.17. The number of likely N-dealkylation sites (N-methyl/N-ethyl adjacent to an activating group) is 1. The Morgan fingerprint density at radius 3 is 2.44 bits per heavy atom. The van der Waals surface area contributed by atoms with E-state index in [2.05, 4.69) is 42.5 Å². The molecule has 3 nitrogen and oxygen atoms in total. The summed E-state index contributed by atoms with van der Waals surface area (Å²) in [6, 6.07) is 0. The van der Waals surface area contributed by atoms with Crippen LogP contribution in [0.4, 0.5) is 0 Å². The van der Waals surface area contributed by atoms with Crippen molar-refractivity contribution in [3.63, 3.8) is 0 Å². The number of ether oxygens (including phenoxy) is 1. The highest BCUT2D eigenvalue weighted by atomic mass is 16.5. The van der Waals surface area contributed by atoms with Crippen LogP contribution in [0, 0.1) is 17.8 Å². The molecule has 2 aliphatic rings. The van der Waals surface area contributed by atoms with Crippen LogP contribution in [0.5, 0.6) is 0 Å². The summed E-state index contributed by atoms with van der Waals surface area (Å²) >= 11 is 0. The van der Waals surface area contributed by atoms with Gasteiger partial charge in [-0.25, -0.2) is 0 Å². The van der Waals surface area contributed by atoms with Crippen LogP contribution in [-0.4, -0.2) is 61.8 Å². The lowest BCUT2D eigenvalue weighted by Crippen LogP contribution is -2.69. The van der Waals surface area contributed by atoms with Crippen molar-refractivity contribution in [3.05, 3.63) is 0 Å². The van der Waals surface area contributed by atoms with Crippen LogP contribution in [0.2, 0.25) is 0 Å². The van der Waals surface area contributed by atoms with Gasteiger partial charge >= 0.3 is 0 Å². The SMILES string of the molecule is CC.CC(C)C#CCN1CC2(CN(C)CCO2)C1. The smallest absolute Gasteiger partial charge is 0.106 e. The van der Waals surface area contributed by atoms with E-state index in [1.54, 1.807) is 0 Å². The molecule has 0 unspecified atom stereocenters. The molecular weight excluding hydrogens is 224 g/mol. The van der Waals surface area contributed by atoms with Gasteiger partial charge in [-0.1, -0.05) is 39.5 Å². The summed E-state index contributed by atoms with van der Waals surface area (Å²) in [5, 5.41) is 0. The molecule has 0 bridgehead atoms. The predicted octanol–water partition coefficient (Wildman–Crippen LogP) is 1.69. The summed E-state index contributed by atoms with van der Waals surface area (Å²) < 4.78 is 5.90. The van der Waals surface area contributed by atoms with Gasteiger partial charge in [-0.05, 0) is 7.05 Å². The van der Waals surface area contributed by atoms with Crippen molar-refractivity contribution in [1.82, 2.24) is 9.80 Å². The molecule has 0 aliphatic carbocycles. The molecule has 0 radical (unpaired) electrons. The number of nitrogens with zero attached hydrogens (tertiary/aromatic N) is 2. The van der Waals surface area contributed by atoms with Gasteiger partial charge in [0.1, 0.15) is 5.60 Å². The van der Waals surface area contributed by atoms with E-state index in [1.807, 2.05) is 13.8 Å². The maximum atomic E-state index is 5.90. The monoisotopic (exact) mass is 252 g/mol. The molecule has 0 aromatic rings. The highest BCUT2D eigenvalue weighted by molar-refractivity contribution is 5.08. The van der Waals surface area contributed by atoms with E-state index < -0.39 is 0 Å². The molecule has 2 aliphatic heterocycles. The fourth-order valence-corrected chi connectivity index (χ4v) is 2.47. The topological polar surface area (TPSA) is 15.7 Å². The molecular formula is C15H28N2O. The zero-order valence-corrected chi connectivity index (χ0v) is 12.6. The van der Waals surface area contributed by atoms with Crippen LogP contribution in [0.25, 0.3) is 0 Å². The minimum atomic E-state index is 0.118. The van der Waals surface area contributed by atoms with E-state index in [9.17, 15) is 0 Å². The third kappa shape index (κ3) is 4.28. The third-order valence-corrected chi connectivity index (χ3v) is 3.16. The molecule has 3 heteroatoms. The lowest BCUT2D eigenvalue weighted by molar-refractivity contribution is -0.176. The molecule has 0 aromatic heterocycles. The van der Waals surface area contributed by atoms with E-state index >= 15 is 0 Å². The van der Waals surface area contributed by atoms with E-state index in [0.717, 1.165) is 39.3 Å². The van der Waals surface area contributed by atoms with Gasteiger partial charge in [0.15, 0.2) is 0 Å². The van der Waals surface area contributed by atoms with Crippen molar-refractivity contribution in [3.8, 4) is 11.8 Å². The number of hydrogen-bond donors (Lipinski definition) is 0. The maximum absolute atomic E-state index is 5.90. The molecule has 0 amide bonds. The Labute approximate surface area is 112 Å². The Morgan fingerprint density at radius 2 is 1.89 bits per heavy atom. The van der Waals surface area contributed by atoms with E-state index in [1.165, 1.54) is 0 Å². The number of rotatable bonds is 1. The minimum absolute atomic E-state index is 0.118. The lowest BCUT2D eigenvalue weighted by Gasteiger charge is -2.53.